The highest BCUT2D eigenvalue weighted by Crippen LogP contribution is 2.25. The van der Waals surface area contributed by atoms with Crippen LogP contribution >= 0.6 is 11.3 Å². The molecule has 20 heavy (non-hydrogen) atoms. The average Bonchev–Trinajstić information content (AvgIpc) is 2.66. The largest absolute Gasteiger partial charge is 0.397 e. The Morgan fingerprint density at radius 1 is 1.25 bits per heavy atom. The van der Waals surface area contributed by atoms with Gasteiger partial charge in [-0.3, -0.25) is 0 Å². The Balaban J connectivity index is 2.14. The molecule has 0 bridgehead atoms. The zero-order valence-electron chi connectivity index (χ0n) is 11.3. The average molecular weight is 311 g/mol. The second kappa shape index (κ2) is 5.43. The molecule has 2 rings (SSSR count). The van der Waals surface area contributed by atoms with Crippen molar-refractivity contribution in [1.29, 1.82) is 0 Å². The minimum absolute atomic E-state index is 0.0170. The van der Waals surface area contributed by atoms with E-state index in [4.69, 9.17) is 10.9 Å². The molecule has 0 amide bonds. The van der Waals surface area contributed by atoms with Crippen LogP contribution in [0.2, 0.25) is 0 Å². The number of nitrogens with two attached hydrogens (primary N) is 2. The monoisotopic (exact) mass is 311 g/mol. The highest BCUT2D eigenvalue weighted by molar-refractivity contribution is 7.89. The number of hydrogen-bond donors (Lipinski definition) is 3. The SMILES string of the molecule is Cc1cc(CNc2ccc(S(N)(=O)=O)cc2N)sc1C. The number of anilines is 2. The predicted molar refractivity (Wildman–Crippen MR) is 83.3 cm³/mol. The maximum absolute atomic E-state index is 11.2. The Hall–Kier alpha value is -1.57. The molecule has 7 heteroatoms. The van der Waals surface area contributed by atoms with E-state index in [0.29, 0.717) is 17.9 Å². The normalized spacial score (nSPS) is 11.6. The summed E-state index contributed by atoms with van der Waals surface area (Å²) in [5.74, 6) is 0. The highest BCUT2D eigenvalue weighted by atomic mass is 32.2. The third-order valence-electron chi connectivity index (χ3n) is 3.02. The zero-order valence-corrected chi connectivity index (χ0v) is 12.9. The lowest BCUT2D eigenvalue weighted by atomic mass is 10.2. The van der Waals surface area contributed by atoms with Gasteiger partial charge in [-0.15, -0.1) is 11.3 Å². The number of primary sulfonamides is 1. The number of nitrogen functional groups attached to an aromatic ring is 1. The number of aryl methyl sites for hydroxylation is 2. The molecule has 0 radical (unpaired) electrons. The van der Waals surface area contributed by atoms with Crippen molar-refractivity contribution in [3.8, 4) is 0 Å². The lowest BCUT2D eigenvalue weighted by Gasteiger charge is -2.09. The molecule has 0 aliphatic carbocycles. The Labute approximate surface area is 122 Å². The number of hydrogen-bond acceptors (Lipinski definition) is 5. The van der Waals surface area contributed by atoms with Crippen molar-refractivity contribution in [2.24, 2.45) is 5.14 Å². The lowest BCUT2D eigenvalue weighted by Crippen LogP contribution is -2.13. The molecule has 0 unspecified atom stereocenters. The molecule has 0 aliphatic rings. The predicted octanol–water partition coefficient (Wildman–Crippen LogP) is 2.21. The molecular weight excluding hydrogens is 294 g/mol. The van der Waals surface area contributed by atoms with Gasteiger partial charge >= 0.3 is 0 Å². The van der Waals surface area contributed by atoms with Gasteiger partial charge in [-0.25, -0.2) is 13.6 Å². The van der Waals surface area contributed by atoms with Crippen LogP contribution in [-0.2, 0) is 16.6 Å². The van der Waals surface area contributed by atoms with Crippen LogP contribution in [0.15, 0.2) is 29.2 Å². The van der Waals surface area contributed by atoms with E-state index < -0.39 is 10.0 Å². The third kappa shape index (κ3) is 3.30. The van der Waals surface area contributed by atoms with E-state index in [9.17, 15) is 8.42 Å². The van der Waals surface area contributed by atoms with Crippen LogP contribution in [0.4, 0.5) is 11.4 Å². The molecular formula is C13H17N3O2S2. The molecule has 2 aromatic rings. The first-order valence-electron chi connectivity index (χ1n) is 5.99. The van der Waals surface area contributed by atoms with Crippen LogP contribution < -0.4 is 16.2 Å². The molecule has 1 aromatic carbocycles. The summed E-state index contributed by atoms with van der Waals surface area (Å²) in [7, 11) is -3.72. The molecule has 0 aliphatic heterocycles. The summed E-state index contributed by atoms with van der Waals surface area (Å²) < 4.78 is 22.4. The minimum Gasteiger partial charge on any atom is -0.397 e. The molecule has 0 saturated heterocycles. The van der Waals surface area contributed by atoms with Crippen LogP contribution in [-0.4, -0.2) is 8.42 Å². The molecule has 0 atom stereocenters. The number of nitrogens with one attached hydrogen (secondary N) is 1. The molecule has 0 saturated carbocycles. The third-order valence-corrected chi connectivity index (χ3v) is 5.09. The maximum atomic E-state index is 11.2. The van der Waals surface area contributed by atoms with E-state index in [-0.39, 0.29) is 4.90 Å². The highest BCUT2D eigenvalue weighted by Gasteiger charge is 2.10. The van der Waals surface area contributed by atoms with Gasteiger partial charge in [0.2, 0.25) is 10.0 Å². The van der Waals surface area contributed by atoms with Crippen molar-refractivity contribution in [2.45, 2.75) is 25.3 Å². The summed E-state index contributed by atoms with van der Waals surface area (Å²) in [6.07, 6.45) is 0. The lowest BCUT2D eigenvalue weighted by molar-refractivity contribution is 0.598. The molecule has 1 heterocycles. The van der Waals surface area contributed by atoms with E-state index in [1.54, 1.807) is 17.4 Å². The van der Waals surface area contributed by atoms with Crippen molar-refractivity contribution < 1.29 is 8.42 Å². The van der Waals surface area contributed by atoms with Gasteiger partial charge in [-0.05, 0) is 43.7 Å². The summed E-state index contributed by atoms with van der Waals surface area (Å²) in [6.45, 7) is 4.81. The van der Waals surface area contributed by atoms with Crippen LogP contribution in [0.1, 0.15) is 15.3 Å². The molecule has 108 valence electrons. The second-order valence-corrected chi connectivity index (χ2v) is 7.50. The van der Waals surface area contributed by atoms with E-state index in [1.807, 2.05) is 0 Å². The number of rotatable bonds is 4. The Morgan fingerprint density at radius 2 is 1.95 bits per heavy atom. The van der Waals surface area contributed by atoms with Crippen LogP contribution in [0.25, 0.3) is 0 Å². The van der Waals surface area contributed by atoms with Gasteiger partial charge in [0.25, 0.3) is 0 Å². The number of benzene rings is 1. The summed E-state index contributed by atoms with van der Waals surface area (Å²) in [4.78, 5) is 2.51. The summed E-state index contributed by atoms with van der Waals surface area (Å²) in [5.41, 5.74) is 8.16. The topological polar surface area (TPSA) is 98.2 Å². The van der Waals surface area contributed by atoms with E-state index in [2.05, 4.69) is 25.2 Å². The molecule has 0 fully saturated rings. The summed E-state index contributed by atoms with van der Waals surface area (Å²) >= 11 is 1.73. The quantitative estimate of drug-likeness (QED) is 0.754. The van der Waals surface area contributed by atoms with Crippen molar-refractivity contribution in [3.63, 3.8) is 0 Å². The van der Waals surface area contributed by atoms with Gasteiger partial charge in [0.05, 0.1) is 16.3 Å². The first-order chi connectivity index (χ1) is 9.27. The molecule has 0 spiro atoms. The van der Waals surface area contributed by atoms with Crippen molar-refractivity contribution in [1.82, 2.24) is 0 Å². The minimum atomic E-state index is -3.72. The van der Waals surface area contributed by atoms with Crippen LogP contribution in [0.3, 0.4) is 0 Å². The van der Waals surface area contributed by atoms with E-state index in [0.717, 1.165) is 0 Å². The molecule has 5 N–H and O–H groups in total. The van der Waals surface area contributed by atoms with Gasteiger partial charge in [0, 0.05) is 16.3 Å². The number of sulfonamides is 1. The van der Waals surface area contributed by atoms with Crippen LogP contribution in [0.5, 0.6) is 0 Å². The van der Waals surface area contributed by atoms with Crippen molar-refractivity contribution in [3.05, 3.63) is 39.6 Å². The fraction of sp³-hybridized carbons (Fsp3) is 0.231. The first-order valence-corrected chi connectivity index (χ1v) is 8.36. The Morgan fingerprint density at radius 3 is 2.45 bits per heavy atom. The summed E-state index contributed by atoms with van der Waals surface area (Å²) in [5, 5.41) is 8.26. The van der Waals surface area contributed by atoms with E-state index in [1.165, 1.54) is 27.5 Å². The molecule has 1 aromatic heterocycles. The number of thiophene rings is 1. The van der Waals surface area contributed by atoms with Gasteiger partial charge in [-0.1, -0.05) is 0 Å². The smallest absolute Gasteiger partial charge is 0.238 e. The second-order valence-electron chi connectivity index (χ2n) is 4.60. The van der Waals surface area contributed by atoms with Gasteiger partial charge < -0.3 is 11.1 Å². The standard InChI is InChI=1S/C13H17N3O2S2/c1-8-5-10(19-9(8)2)7-16-13-4-3-11(6-12(13)14)20(15,17)18/h3-6,16H,7,14H2,1-2H3,(H2,15,17,18). The fourth-order valence-electron chi connectivity index (χ4n) is 1.80. The van der Waals surface area contributed by atoms with Gasteiger partial charge in [-0.2, -0.15) is 0 Å². The zero-order chi connectivity index (χ0) is 14.9. The first kappa shape index (κ1) is 14.8. The Bertz CT molecular complexity index is 717. The van der Waals surface area contributed by atoms with Crippen LogP contribution in [0, 0.1) is 13.8 Å². The maximum Gasteiger partial charge on any atom is 0.238 e. The summed E-state index contributed by atoms with van der Waals surface area (Å²) in [6, 6.07) is 6.56. The van der Waals surface area contributed by atoms with Crippen molar-refractivity contribution >= 4 is 32.7 Å². The van der Waals surface area contributed by atoms with Gasteiger partial charge in [0.15, 0.2) is 0 Å². The fourth-order valence-corrected chi connectivity index (χ4v) is 3.34. The van der Waals surface area contributed by atoms with E-state index >= 15 is 0 Å². The Kier molecular flexibility index (Phi) is 4.03. The van der Waals surface area contributed by atoms with Gasteiger partial charge in [0.1, 0.15) is 0 Å². The molecule has 5 nitrogen and oxygen atoms in total. The van der Waals surface area contributed by atoms with Crippen molar-refractivity contribution in [2.75, 3.05) is 11.1 Å².